The SMILES string of the molecule is CC1(C)CC(=O)C(C(=S)Nc2ccc(Cl)cc2)=C(O)C1. The van der Waals surface area contributed by atoms with Crippen molar-refractivity contribution in [2.75, 3.05) is 5.32 Å². The number of allylic oxidation sites excluding steroid dienone is 1. The van der Waals surface area contributed by atoms with Crippen molar-refractivity contribution in [1.29, 1.82) is 0 Å². The van der Waals surface area contributed by atoms with E-state index in [1.54, 1.807) is 24.3 Å². The summed E-state index contributed by atoms with van der Waals surface area (Å²) in [5.74, 6) is -0.0528. The molecule has 0 spiro atoms. The molecule has 0 fully saturated rings. The van der Waals surface area contributed by atoms with E-state index in [0.29, 0.717) is 17.9 Å². The molecular formula is C15H16ClNO2S. The van der Waals surface area contributed by atoms with Crippen molar-refractivity contribution in [3.8, 4) is 0 Å². The van der Waals surface area contributed by atoms with E-state index in [4.69, 9.17) is 23.8 Å². The van der Waals surface area contributed by atoms with Crippen molar-refractivity contribution < 1.29 is 9.90 Å². The summed E-state index contributed by atoms with van der Waals surface area (Å²) in [5, 5.41) is 13.7. The Morgan fingerprint density at radius 3 is 2.45 bits per heavy atom. The molecule has 2 rings (SSSR count). The van der Waals surface area contributed by atoms with Crippen molar-refractivity contribution in [2.45, 2.75) is 26.7 Å². The van der Waals surface area contributed by atoms with E-state index in [-0.39, 0.29) is 27.5 Å². The van der Waals surface area contributed by atoms with Crippen molar-refractivity contribution in [3.05, 3.63) is 40.6 Å². The molecule has 1 aromatic carbocycles. The van der Waals surface area contributed by atoms with Gasteiger partial charge in [0.2, 0.25) is 0 Å². The van der Waals surface area contributed by atoms with Crippen LogP contribution in [0.25, 0.3) is 0 Å². The van der Waals surface area contributed by atoms with Gasteiger partial charge in [-0.2, -0.15) is 0 Å². The van der Waals surface area contributed by atoms with E-state index in [1.807, 2.05) is 13.8 Å². The normalized spacial score (nSPS) is 18.1. The summed E-state index contributed by atoms with van der Waals surface area (Å²) >= 11 is 11.0. The van der Waals surface area contributed by atoms with Crippen LogP contribution in [0, 0.1) is 5.41 Å². The van der Waals surface area contributed by atoms with E-state index in [2.05, 4.69) is 5.32 Å². The number of ketones is 1. The molecule has 2 N–H and O–H groups in total. The summed E-state index contributed by atoms with van der Waals surface area (Å²) < 4.78 is 0. The van der Waals surface area contributed by atoms with Crippen molar-refractivity contribution in [3.63, 3.8) is 0 Å². The van der Waals surface area contributed by atoms with Crippen molar-refractivity contribution in [2.24, 2.45) is 5.41 Å². The predicted octanol–water partition coefficient (Wildman–Crippen LogP) is 4.28. The molecule has 0 heterocycles. The average Bonchev–Trinajstić information content (AvgIpc) is 2.29. The number of Topliss-reactive ketones (excluding diaryl/α,β-unsaturated/α-hetero) is 1. The Labute approximate surface area is 128 Å². The zero-order valence-electron chi connectivity index (χ0n) is 11.4. The second-order valence-electron chi connectivity index (χ2n) is 5.72. The zero-order valence-corrected chi connectivity index (χ0v) is 12.9. The topological polar surface area (TPSA) is 49.3 Å². The van der Waals surface area contributed by atoms with Crippen LogP contribution in [0.2, 0.25) is 5.02 Å². The van der Waals surface area contributed by atoms with E-state index in [1.165, 1.54) is 0 Å². The summed E-state index contributed by atoms with van der Waals surface area (Å²) in [7, 11) is 0. The van der Waals surface area contributed by atoms with Crippen molar-refractivity contribution in [1.82, 2.24) is 0 Å². The lowest BCUT2D eigenvalue weighted by molar-refractivity contribution is -0.117. The van der Waals surface area contributed by atoms with E-state index in [9.17, 15) is 9.90 Å². The van der Waals surface area contributed by atoms with E-state index in [0.717, 1.165) is 5.69 Å². The van der Waals surface area contributed by atoms with Crippen LogP contribution >= 0.6 is 23.8 Å². The number of carbonyl (C=O) groups excluding carboxylic acids is 1. The van der Waals surface area contributed by atoms with Crippen LogP contribution < -0.4 is 5.32 Å². The highest BCUT2D eigenvalue weighted by molar-refractivity contribution is 7.81. The highest BCUT2D eigenvalue weighted by Crippen LogP contribution is 2.36. The second-order valence-corrected chi connectivity index (χ2v) is 6.57. The number of carbonyl (C=O) groups is 1. The van der Waals surface area contributed by atoms with Crippen LogP contribution in [0.1, 0.15) is 26.7 Å². The molecule has 1 aliphatic rings. The molecule has 0 amide bonds. The van der Waals surface area contributed by atoms with Gasteiger partial charge in [-0.25, -0.2) is 0 Å². The van der Waals surface area contributed by atoms with Gasteiger partial charge in [-0.05, 0) is 29.7 Å². The molecule has 5 heteroatoms. The van der Waals surface area contributed by atoms with Crippen LogP contribution in [0.5, 0.6) is 0 Å². The fraction of sp³-hybridized carbons (Fsp3) is 0.333. The molecule has 1 aromatic rings. The Hall–Kier alpha value is -1.39. The Balaban J connectivity index is 2.20. The molecule has 0 atom stereocenters. The summed E-state index contributed by atoms with van der Waals surface area (Å²) in [4.78, 5) is 12.4. The van der Waals surface area contributed by atoms with Gasteiger partial charge >= 0.3 is 0 Å². The van der Waals surface area contributed by atoms with Gasteiger partial charge in [0.25, 0.3) is 0 Å². The second kappa shape index (κ2) is 5.54. The predicted molar refractivity (Wildman–Crippen MR) is 85.3 cm³/mol. The third-order valence-electron chi connectivity index (χ3n) is 3.18. The molecule has 0 aliphatic heterocycles. The maximum absolute atomic E-state index is 12.1. The third-order valence-corrected chi connectivity index (χ3v) is 3.74. The lowest BCUT2D eigenvalue weighted by atomic mass is 9.76. The van der Waals surface area contributed by atoms with Crippen LogP contribution in [-0.2, 0) is 4.79 Å². The van der Waals surface area contributed by atoms with Gasteiger partial charge in [0, 0.05) is 23.6 Å². The van der Waals surface area contributed by atoms with E-state index < -0.39 is 0 Å². The number of hydrogen-bond acceptors (Lipinski definition) is 3. The highest BCUT2D eigenvalue weighted by atomic mass is 35.5. The molecule has 0 unspecified atom stereocenters. The fourth-order valence-corrected chi connectivity index (χ4v) is 2.75. The highest BCUT2D eigenvalue weighted by Gasteiger charge is 2.34. The maximum atomic E-state index is 12.1. The molecule has 0 bridgehead atoms. The summed E-state index contributed by atoms with van der Waals surface area (Å²) in [6, 6.07) is 6.99. The lowest BCUT2D eigenvalue weighted by Gasteiger charge is -2.29. The molecule has 0 saturated carbocycles. The maximum Gasteiger partial charge on any atom is 0.169 e. The Bertz CT molecular complexity index is 590. The minimum absolute atomic E-state index is 0.0673. The smallest absolute Gasteiger partial charge is 0.169 e. The zero-order chi connectivity index (χ0) is 14.9. The summed E-state index contributed by atoms with van der Waals surface area (Å²) in [6.07, 6.45) is 0.839. The fourth-order valence-electron chi connectivity index (χ4n) is 2.27. The van der Waals surface area contributed by atoms with Crippen LogP contribution in [0.3, 0.4) is 0 Å². The molecule has 106 valence electrons. The molecule has 3 nitrogen and oxygen atoms in total. The Morgan fingerprint density at radius 2 is 1.90 bits per heavy atom. The quantitative estimate of drug-likeness (QED) is 0.801. The monoisotopic (exact) mass is 309 g/mol. The van der Waals surface area contributed by atoms with Crippen LogP contribution in [0.4, 0.5) is 5.69 Å². The standard InChI is InChI=1S/C15H16ClNO2S/c1-15(2)7-11(18)13(12(19)8-15)14(20)17-10-5-3-9(16)4-6-10/h3-6,18H,7-8H2,1-2H3,(H,17,20). The van der Waals surface area contributed by atoms with Gasteiger partial charge in [-0.3, -0.25) is 4.79 Å². The number of aliphatic hydroxyl groups excluding tert-OH is 1. The number of thiocarbonyl (C=S) groups is 1. The van der Waals surface area contributed by atoms with Gasteiger partial charge in [0.05, 0.1) is 5.57 Å². The number of hydrogen-bond donors (Lipinski definition) is 2. The molecule has 0 radical (unpaired) electrons. The molecule has 0 aromatic heterocycles. The van der Waals surface area contributed by atoms with Gasteiger partial charge in [0.15, 0.2) is 5.78 Å². The van der Waals surface area contributed by atoms with E-state index >= 15 is 0 Å². The summed E-state index contributed by atoms with van der Waals surface area (Å²) in [5.41, 5.74) is 0.743. The van der Waals surface area contributed by atoms with Gasteiger partial charge in [-0.15, -0.1) is 0 Å². The Kier molecular flexibility index (Phi) is 4.16. The Morgan fingerprint density at radius 1 is 1.30 bits per heavy atom. The third kappa shape index (κ3) is 3.38. The number of aliphatic hydroxyl groups is 1. The largest absolute Gasteiger partial charge is 0.511 e. The summed E-state index contributed by atoms with van der Waals surface area (Å²) in [6.45, 7) is 3.90. The number of anilines is 1. The first-order valence-electron chi connectivity index (χ1n) is 6.31. The first kappa shape index (κ1) is 15.0. The van der Waals surface area contributed by atoms with Gasteiger partial charge in [0.1, 0.15) is 10.7 Å². The molecule has 0 saturated heterocycles. The van der Waals surface area contributed by atoms with Crippen LogP contribution in [-0.4, -0.2) is 15.9 Å². The minimum atomic E-state index is -0.222. The molecular weight excluding hydrogens is 294 g/mol. The molecule has 20 heavy (non-hydrogen) atoms. The van der Waals surface area contributed by atoms with Crippen molar-refractivity contribution >= 4 is 40.3 Å². The first-order chi connectivity index (χ1) is 9.28. The lowest BCUT2D eigenvalue weighted by Crippen LogP contribution is -2.31. The number of benzene rings is 1. The number of halogens is 1. The van der Waals surface area contributed by atoms with Crippen LogP contribution in [0.15, 0.2) is 35.6 Å². The van der Waals surface area contributed by atoms with Gasteiger partial charge < -0.3 is 10.4 Å². The first-order valence-corrected chi connectivity index (χ1v) is 7.09. The van der Waals surface area contributed by atoms with Gasteiger partial charge in [-0.1, -0.05) is 37.7 Å². The number of nitrogens with one attached hydrogen (secondary N) is 1. The average molecular weight is 310 g/mol. The minimum Gasteiger partial charge on any atom is -0.511 e. The molecule has 1 aliphatic carbocycles. The number of rotatable bonds is 2.